The fraction of sp³-hybridized carbons (Fsp3) is 0.211. The highest BCUT2D eigenvalue weighted by Gasteiger charge is 2.26. The topological polar surface area (TPSA) is 53.5 Å². The summed E-state index contributed by atoms with van der Waals surface area (Å²) in [4.78, 5) is 34.4. The molecule has 138 valence electrons. The van der Waals surface area contributed by atoms with Crippen molar-refractivity contribution in [3.63, 3.8) is 0 Å². The molecule has 0 atom stereocenters. The third-order valence-corrected chi connectivity index (χ3v) is 6.53. The maximum Gasteiger partial charge on any atom is 0.273 e. The van der Waals surface area contributed by atoms with E-state index in [1.54, 1.807) is 45.4 Å². The largest absolute Gasteiger partial charge is 0.335 e. The predicted octanol–water partition coefficient (Wildman–Crippen LogP) is 4.12. The summed E-state index contributed by atoms with van der Waals surface area (Å²) in [5.41, 5.74) is 1.08. The lowest BCUT2D eigenvalue weighted by Gasteiger charge is -2.34. The Bertz CT molecular complexity index is 946. The van der Waals surface area contributed by atoms with Crippen molar-refractivity contribution in [2.75, 3.05) is 26.2 Å². The van der Waals surface area contributed by atoms with Crippen molar-refractivity contribution < 1.29 is 9.59 Å². The van der Waals surface area contributed by atoms with Gasteiger partial charge in [0.25, 0.3) is 11.8 Å². The van der Waals surface area contributed by atoms with Gasteiger partial charge < -0.3 is 9.80 Å². The van der Waals surface area contributed by atoms with Crippen LogP contribution in [0.3, 0.4) is 0 Å². The molecule has 0 spiro atoms. The summed E-state index contributed by atoms with van der Waals surface area (Å²) in [7, 11) is 0. The summed E-state index contributed by atoms with van der Waals surface area (Å²) in [5, 5.41) is 5.27. The van der Waals surface area contributed by atoms with Gasteiger partial charge >= 0.3 is 0 Å². The zero-order chi connectivity index (χ0) is 18.8. The smallest absolute Gasteiger partial charge is 0.273 e. The quantitative estimate of drug-likeness (QED) is 0.644. The molecule has 1 aliphatic rings. The van der Waals surface area contributed by atoms with Crippen molar-refractivity contribution >= 4 is 46.1 Å². The van der Waals surface area contributed by atoms with Crippen LogP contribution in [0.2, 0.25) is 5.02 Å². The van der Waals surface area contributed by atoms with Crippen LogP contribution in [0.5, 0.6) is 0 Å². The van der Waals surface area contributed by atoms with Crippen LogP contribution in [0.15, 0.2) is 47.2 Å². The van der Waals surface area contributed by atoms with E-state index in [-0.39, 0.29) is 11.8 Å². The molecular weight excluding hydrogens is 402 g/mol. The van der Waals surface area contributed by atoms with Crippen molar-refractivity contribution in [1.82, 2.24) is 14.8 Å². The number of benzene rings is 1. The molecule has 1 saturated heterocycles. The van der Waals surface area contributed by atoms with E-state index in [0.29, 0.717) is 42.5 Å². The number of nitrogens with zero attached hydrogens (tertiary/aromatic N) is 3. The van der Waals surface area contributed by atoms with Crippen LogP contribution >= 0.6 is 34.3 Å². The van der Waals surface area contributed by atoms with Gasteiger partial charge in [-0.1, -0.05) is 17.7 Å². The second-order valence-corrected chi connectivity index (χ2v) is 8.35. The Hall–Kier alpha value is -2.22. The minimum atomic E-state index is -0.0763. The van der Waals surface area contributed by atoms with E-state index in [2.05, 4.69) is 4.98 Å². The van der Waals surface area contributed by atoms with Crippen LogP contribution in [0.4, 0.5) is 0 Å². The van der Waals surface area contributed by atoms with Crippen molar-refractivity contribution in [3.05, 3.63) is 63.4 Å². The molecule has 8 heteroatoms. The summed E-state index contributed by atoms with van der Waals surface area (Å²) in [6.07, 6.45) is 0. The van der Waals surface area contributed by atoms with Crippen LogP contribution < -0.4 is 0 Å². The van der Waals surface area contributed by atoms with Crippen molar-refractivity contribution in [1.29, 1.82) is 0 Å². The van der Waals surface area contributed by atoms with E-state index < -0.39 is 0 Å². The van der Waals surface area contributed by atoms with E-state index in [1.165, 1.54) is 11.3 Å². The number of carbonyl (C=O) groups excluding carboxylic acids is 2. The Morgan fingerprint density at radius 2 is 1.59 bits per heavy atom. The third kappa shape index (κ3) is 3.90. The van der Waals surface area contributed by atoms with E-state index >= 15 is 0 Å². The van der Waals surface area contributed by atoms with Gasteiger partial charge in [0.1, 0.15) is 10.7 Å². The van der Waals surface area contributed by atoms with Gasteiger partial charge in [-0.2, -0.15) is 0 Å². The van der Waals surface area contributed by atoms with Gasteiger partial charge in [0.2, 0.25) is 0 Å². The first-order valence-corrected chi connectivity index (χ1v) is 10.6. The number of piperazine rings is 1. The van der Waals surface area contributed by atoms with Crippen LogP contribution in [-0.2, 0) is 0 Å². The Balaban J connectivity index is 1.38. The van der Waals surface area contributed by atoms with Gasteiger partial charge in [0.15, 0.2) is 0 Å². The summed E-state index contributed by atoms with van der Waals surface area (Å²) < 4.78 is 0. The van der Waals surface area contributed by atoms with Crippen molar-refractivity contribution in [3.8, 4) is 9.88 Å². The highest BCUT2D eigenvalue weighted by atomic mass is 35.5. The zero-order valence-electron chi connectivity index (χ0n) is 14.3. The Kier molecular flexibility index (Phi) is 5.24. The van der Waals surface area contributed by atoms with Crippen molar-refractivity contribution in [2.45, 2.75) is 0 Å². The lowest BCUT2D eigenvalue weighted by atomic mass is 10.2. The lowest BCUT2D eigenvalue weighted by molar-refractivity contribution is 0.0533. The normalized spacial score (nSPS) is 14.4. The van der Waals surface area contributed by atoms with Crippen molar-refractivity contribution in [2.24, 2.45) is 0 Å². The van der Waals surface area contributed by atoms with Crippen LogP contribution in [0.1, 0.15) is 20.8 Å². The number of hydrogen-bond donors (Lipinski definition) is 0. The third-order valence-electron chi connectivity index (χ3n) is 4.40. The van der Waals surface area contributed by atoms with Gasteiger partial charge in [0, 0.05) is 42.1 Å². The number of hydrogen-bond acceptors (Lipinski definition) is 5. The van der Waals surface area contributed by atoms with E-state index in [4.69, 9.17) is 11.6 Å². The molecule has 1 aromatic carbocycles. The summed E-state index contributed by atoms with van der Waals surface area (Å²) in [6.45, 7) is 2.03. The second-order valence-electron chi connectivity index (χ2n) is 6.11. The maximum atomic E-state index is 12.7. The molecule has 2 aromatic heterocycles. The molecule has 2 amide bonds. The zero-order valence-corrected chi connectivity index (χ0v) is 16.7. The first-order valence-electron chi connectivity index (χ1n) is 8.45. The summed E-state index contributed by atoms with van der Waals surface area (Å²) in [5.74, 6) is -0.111. The van der Waals surface area contributed by atoms with Crippen LogP contribution in [0, 0.1) is 0 Å². The average molecular weight is 418 g/mol. The molecule has 0 radical (unpaired) electrons. The average Bonchev–Trinajstić information content (AvgIpc) is 3.39. The molecule has 0 unspecified atom stereocenters. The summed E-state index contributed by atoms with van der Waals surface area (Å²) >= 11 is 8.96. The van der Waals surface area contributed by atoms with E-state index in [9.17, 15) is 9.59 Å². The van der Waals surface area contributed by atoms with Gasteiger partial charge in [-0.15, -0.1) is 22.7 Å². The lowest BCUT2D eigenvalue weighted by Crippen LogP contribution is -2.50. The molecular formula is C19H16ClN3O2S2. The monoisotopic (exact) mass is 417 g/mol. The highest BCUT2D eigenvalue weighted by Crippen LogP contribution is 2.28. The molecule has 0 aliphatic carbocycles. The second kappa shape index (κ2) is 7.80. The first-order chi connectivity index (χ1) is 13.1. The van der Waals surface area contributed by atoms with E-state index in [0.717, 1.165) is 9.88 Å². The predicted molar refractivity (Wildman–Crippen MR) is 109 cm³/mol. The Morgan fingerprint density at radius 1 is 0.926 bits per heavy atom. The Labute approximate surface area is 169 Å². The minimum absolute atomic E-state index is 0.0348. The molecule has 0 bridgehead atoms. The Morgan fingerprint density at radius 3 is 2.22 bits per heavy atom. The van der Waals surface area contributed by atoms with Crippen LogP contribution in [0.25, 0.3) is 9.88 Å². The van der Waals surface area contributed by atoms with Gasteiger partial charge in [-0.25, -0.2) is 4.98 Å². The van der Waals surface area contributed by atoms with E-state index in [1.807, 2.05) is 22.9 Å². The number of thiazole rings is 1. The number of rotatable bonds is 3. The maximum absolute atomic E-state index is 12.7. The fourth-order valence-corrected chi connectivity index (χ4v) is 4.67. The fourth-order valence-electron chi connectivity index (χ4n) is 2.94. The number of carbonyl (C=O) groups is 2. The summed E-state index contributed by atoms with van der Waals surface area (Å²) in [6, 6.07) is 10.8. The van der Waals surface area contributed by atoms with Gasteiger partial charge in [0.05, 0.1) is 4.88 Å². The van der Waals surface area contributed by atoms with Gasteiger partial charge in [-0.05, 0) is 35.7 Å². The number of thiophene rings is 1. The molecule has 0 saturated carbocycles. The SMILES string of the molecule is O=C(c1ccc(Cl)cc1)N1CCN(C(=O)c2csc(-c3cccs3)n2)CC1. The first kappa shape index (κ1) is 18.2. The molecule has 27 heavy (non-hydrogen) atoms. The van der Waals surface area contributed by atoms with Crippen LogP contribution in [-0.4, -0.2) is 52.8 Å². The van der Waals surface area contributed by atoms with Gasteiger partial charge in [-0.3, -0.25) is 9.59 Å². The minimum Gasteiger partial charge on any atom is -0.335 e. The molecule has 3 heterocycles. The number of amides is 2. The highest BCUT2D eigenvalue weighted by molar-refractivity contribution is 7.20. The number of halogens is 1. The number of aromatic nitrogens is 1. The molecule has 5 nitrogen and oxygen atoms in total. The molecule has 1 fully saturated rings. The molecule has 4 rings (SSSR count). The molecule has 1 aliphatic heterocycles. The molecule has 0 N–H and O–H groups in total. The standard InChI is InChI=1S/C19H16ClN3O2S2/c20-14-5-3-13(4-6-14)18(24)22-7-9-23(10-8-22)19(25)15-12-27-17(21-15)16-2-1-11-26-16/h1-6,11-12H,7-10H2. The molecule has 3 aromatic rings.